The summed E-state index contributed by atoms with van der Waals surface area (Å²) in [6.45, 7) is 19.5. The van der Waals surface area contributed by atoms with Crippen LogP contribution < -0.4 is 34.7 Å². The number of carbonyl (C=O) groups excluding carboxylic acids is 2. The summed E-state index contributed by atoms with van der Waals surface area (Å²) in [5.74, 6) is -6.24. The van der Waals surface area contributed by atoms with E-state index in [1.165, 1.54) is 0 Å². The molecule has 1 unspecified atom stereocenters. The summed E-state index contributed by atoms with van der Waals surface area (Å²) in [6.07, 6.45) is 5.22. The van der Waals surface area contributed by atoms with Crippen molar-refractivity contribution in [2.45, 2.75) is 199 Å². The van der Waals surface area contributed by atoms with E-state index in [1.807, 2.05) is 41.5 Å². The number of aliphatic carboxylic acids is 1. The van der Waals surface area contributed by atoms with Crippen LogP contribution in [0.2, 0.25) is 0 Å². The number of ketones is 1. The summed E-state index contributed by atoms with van der Waals surface area (Å²) in [6, 6.07) is 0. The summed E-state index contributed by atoms with van der Waals surface area (Å²) < 4.78 is 33.4. The van der Waals surface area contributed by atoms with Gasteiger partial charge in [-0.3, -0.25) is 4.79 Å². The van der Waals surface area contributed by atoms with Crippen LogP contribution in [0.5, 0.6) is 0 Å². The zero-order valence-electron chi connectivity index (χ0n) is 34.9. The molecule has 5 aliphatic rings. The summed E-state index contributed by atoms with van der Waals surface area (Å²) in [4.78, 5) is 26.2. The molecule has 5 heterocycles. The molecule has 304 valence electrons. The van der Waals surface area contributed by atoms with Gasteiger partial charge in [0.1, 0.15) is 11.9 Å². The van der Waals surface area contributed by atoms with Crippen molar-refractivity contribution in [3.05, 3.63) is 12.2 Å². The molecule has 18 atom stereocenters. The minimum absolute atomic E-state index is 0. The number of ether oxygens (including phenoxy) is 5. The Hall–Kier alpha value is -0.440. The van der Waals surface area contributed by atoms with Crippen molar-refractivity contribution in [3.63, 3.8) is 0 Å². The van der Waals surface area contributed by atoms with Crippen molar-refractivity contribution in [1.29, 1.82) is 0 Å². The van der Waals surface area contributed by atoms with Crippen LogP contribution in [0.1, 0.15) is 133 Å². The minimum atomic E-state index is -1.37. The summed E-state index contributed by atoms with van der Waals surface area (Å²) in [5, 5.41) is 46.0. The van der Waals surface area contributed by atoms with Crippen molar-refractivity contribution in [2.24, 2.45) is 41.4 Å². The van der Waals surface area contributed by atoms with E-state index in [-0.39, 0.29) is 65.3 Å². The van der Waals surface area contributed by atoms with Crippen LogP contribution in [0, 0.1) is 41.4 Å². The molecule has 0 aromatic rings. The maximum Gasteiger partial charge on any atom is 1.00 e. The van der Waals surface area contributed by atoms with Gasteiger partial charge in [0.05, 0.1) is 47.8 Å². The maximum absolute atomic E-state index is 14.4. The molecule has 4 fully saturated rings. The van der Waals surface area contributed by atoms with E-state index < -0.39 is 82.9 Å². The van der Waals surface area contributed by atoms with Gasteiger partial charge in [-0.1, -0.05) is 55.4 Å². The fourth-order valence-electron chi connectivity index (χ4n) is 10.5. The Balaban J connectivity index is 0.00000650. The minimum Gasteiger partial charge on any atom is -0.550 e. The fraction of sp³-hybridized carbons (Fsp3) is 0.905. The summed E-state index contributed by atoms with van der Waals surface area (Å²) in [7, 11) is 0. The van der Waals surface area contributed by atoms with Crippen molar-refractivity contribution in [2.75, 3.05) is 0 Å². The number of rotatable bonds is 12. The molecule has 12 heteroatoms. The number of carboxylic acid groups (broad SMARTS) is 1. The molecule has 0 amide bonds. The molecule has 4 saturated heterocycles. The third kappa shape index (κ3) is 8.63. The van der Waals surface area contributed by atoms with E-state index in [2.05, 4.69) is 20.8 Å². The Bertz CT molecular complexity index is 1330. The Labute approximate surface area is 345 Å². The first-order chi connectivity index (χ1) is 24.8. The predicted molar refractivity (Wildman–Crippen MR) is 196 cm³/mol. The van der Waals surface area contributed by atoms with Gasteiger partial charge in [-0.15, -0.1) is 0 Å². The van der Waals surface area contributed by atoms with E-state index in [0.29, 0.717) is 57.8 Å². The molecule has 0 aromatic heterocycles. The third-order valence-corrected chi connectivity index (χ3v) is 14.4. The van der Waals surface area contributed by atoms with Gasteiger partial charge >= 0.3 is 29.6 Å². The van der Waals surface area contributed by atoms with Crippen molar-refractivity contribution < 1.29 is 83.3 Å². The number of aliphatic hydroxyl groups excluding tert-OH is 2. The summed E-state index contributed by atoms with van der Waals surface area (Å²) in [5.41, 5.74) is -1.64. The van der Waals surface area contributed by atoms with Gasteiger partial charge in [0, 0.05) is 42.0 Å². The molecule has 0 saturated carbocycles. The van der Waals surface area contributed by atoms with Crippen LogP contribution in [0.15, 0.2) is 12.2 Å². The average molecular weight is 773 g/mol. The second-order valence-corrected chi connectivity index (χ2v) is 17.9. The van der Waals surface area contributed by atoms with Gasteiger partial charge < -0.3 is 48.9 Å². The molecule has 0 radical (unpaired) electrons. The van der Waals surface area contributed by atoms with Gasteiger partial charge in [-0.05, 0) is 95.6 Å². The molecule has 54 heavy (non-hydrogen) atoms. The second-order valence-electron chi connectivity index (χ2n) is 17.9. The van der Waals surface area contributed by atoms with Crippen LogP contribution >= 0.6 is 0 Å². The van der Waals surface area contributed by atoms with E-state index in [9.17, 15) is 30.0 Å². The fourth-order valence-corrected chi connectivity index (χ4v) is 10.5. The largest absolute Gasteiger partial charge is 1.00 e. The second kappa shape index (κ2) is 17.8. The van der Waals surface area contributed by atoms with Crippen LogP contribution in [-0.2, 0) is 33.3 Å². The number of hydrogen-bond acceptors (Lipinski definition) is 11. The van der Waals surface area contributed by atoms with Crippen LogP contribution in [0.3, 0.4) is 0 Å². The molecule has 11 nitrogen and oxygen atoms in total. The molecular formula is C42H69NaO11. The molecule has 3 N–H and O–H groups in total. The predicted octanol–water partition coefficient (Wildman–Crippen LogP) is 1.86. The first-order valence-electron chi connectivity index (χ1n) is 20.7. The topological polar surface area (TPSA) is 164 Å². The molecule has 2 spiro atoms. The van der Waals surface area contributed by atoms with Crippen molar-refractivity contribution >= 4 is 11.8 Å². The summed E-state index contributed by atoms with van der Waals surface area (Å²) >= 11 is 0. The van der Waals surface area contributed by atoms with Crippen LogP contribution in [-0.4, -0.2) is 92.6 Å². The maximum atomic E-state index is 14.4. The Morgan fingerprint density at radius 3 is 2.17 bits per heavy atom. The van der Waals surface area contributed by atoms with E-state index >= 15 is 0 Å². The van der Waals surface area contributed by atoms with Crippen molar-refractivity contribution in [1.82, 2.24) is 0 Å². The van der Waals surface area contributed by atoms with Gasteiger partial charge in [0.25, 0.3) is 0 Å². The first-order valence-corrected chi connectivity index (χ1v) is 20.7. The first kappa shape index (κ1) is 46.3. The van der Waals surface area contributed by atoms with E-state index in [4.69, 9.17) is 23.7 Å². The van der Waals surface area contributed by atoms with Gasteiger partial charge in [-0.25, -0.2) is 0 Å². The van der Waals surface area contributed by atoms with Gasteiger partial charge in [-0.2, -0.15) is 0 Å². The quantitative estimate of drug-likeness (QED) is 0.196. The normalized spacial score (nSPS) is 45.3. The van der Waals surface area contributed by atoms with E-state index in [1.54, 1.807) is 19.1 Å². The van der Waals surface area contributed by atoms with Gasteiger partial charge in [0.2, 0.25) is 5.79 Å². The van der Waals surface area contributed by atoms with E-state index in [0.717, 1.165) is 6.42 Å². The Morgan fingerprint density at radius 2 is 1.57 bits per heavy atom. The number of carboxylic acids is 1. The standard InChI is InChI=1S/C42H70O11.Na/c1-11-29(38(46)47)31-15-14-23(4)36(50-31)27(8)34(44)26(7)35(45)30(12-2)37-24(5)22-25(6)41(51-37)19-16-32(43)42(53-41)21-20-39(10,52-42)33-17-18-40(48,13-3)28(9)49-33;/h16,19,23-34,36-37,43-44,48H,11-15,17-18,20-22H2,1-10H3,(H,46,47);/q;+1/p-1/t23-,24-,25+,26-,27-,28-,29+,30-,31+,32+,33+,34+,36+,37-,39-,40+,41?,42-;/m0./s1. The Kier molecular flexibility index (Phi) is 15.3. The molecular weight excluding hydrogens is 703 g/mol. The SMILES string of the molecule is CC[C@@H](C(=O)[C@@H](C)[C@@H](O)[C@H](C)[C@@H]1O[C@@H]([C@@H](CC)C(=O)[O-])CC[C@@H]1C)[C@H]1OC2(C=C[C@@H](O)[C@]3(CC[C@@](C)([C@H]4CC[C@](O)(CC)[C@H](C)O4)O3)O2)[C@H](C)C[C@@H]1C.[Na+]. The van der Waals surface area contributed by atoms with Crippen LogP contribution in [0.4, 0.5) is 0 Å². The molecule has 0 aromatic carbocycles. The number of hydrogen-bond donors (Lipinski definition) is 3. The molecule has 0 aliphatic carbocycles. The monoisotopic (exact) mass is 772 g/mol. The smallest absolute Gasteiger partial charge is 0.550 e. The third-order valence-electron chi connectivity index (χ3n) is 14.4. The zero-order valence-corrected chi connectivity index (χ0v) is 36.9. The molecule has 0 bridgehead atoms. The molecule has 5 rings (SSSR count). The van der Waals surface area contributed by atoms with Crippen LogP contribution in [0.25, 0.3) is 0 Å². The van der Waals surface area contributed by atoms with Gasteiger partial charge in [0.15, 0.2) is 5.79 Å². The molecule has 5 aliphatic heterocycles. The Morgan fingerprint density at radius 1 is 0.907 bits per heavy atom. The number of aliphatic hydroxyl groups is 3. The average Bonchev–Trinajstić information content (AvgIpc) is 3.47. The zero-order chi connectivity index (χ0) is 39.3. The number of Topliss-reactive ketones (excluding diaryl/α,β-unsaturated/α-hetero) is 1. The van der Waals surface area contributed by atoms with Crippen molar-refractivity contribution in [3.8, 4) is 0 Å². The number of carbonyl (C=O) groups is 2.